The molecule has 2 aromatic rings. The summed E-state index contributed by atoms with van der Waals surface area (Å²) in [6.45, 7) is 6.08. The second kappa shape index (κ2) is 17.7. The fraction of sp³-hybridized carbons (Fsp3) is 0.471. The lowest BCUT2D eigenvalue weighted by Crippen LogP contribution is -1.91. The van der Waals surface area contributed by atoms with E-state index in [1.54, 1.807) is 6.07 Å². The molecular weight excluding hydrogens is 440 g/mol. The van der Waals surface area contributed by atoms with Crippen LogP contribution >= 0.6 is 0 Å². The van der Waals surface area contributed by atoms with Crippen LogP contribution in [-0.2, 0) is 0 Å². The number of benzene rings is 2. The molecular formula is C34H48O2. The van der Waals surface area contributed by atoms with Crippen LogP contribution in [-0.4, -0.2) is 10.2 Å². The monoisotopic (exact) mass is 488 g/mol. The Hall–Kier alpha value is -2.74. The van der Waals surface area contributed by atoms with E-state index in [-0.39, 0.29) is 5.75 Å². The number of aryl methyl sites for hydroxylation is 2. The van der Waals surface area contributed by atoms with Crippen LogP contribution in [0.15, 0.2) is 66.8 Å². The summed E-state index contributed by atoms with van der Waals surface area (Å²) in [5, 5.41) is 20.6. The molecule has 0 saturated heterocycles. The number of rotatable bonds is 17. The zero-order valence-corrected chi connectivity index (χ0v) is 22.9. The minimum Gasteiger partial charge on any atom is -0.508 e. The van der Waals surface area contributed by atoms with E-state index in [0.717, 1.165) is 34.2 Å². The van der Waals surface area contributed by atoms with E-state index < -0.39 is 0 Å². The number of aromatic hydroxyl groups is 2. The summed E-state index contributed by atoms with van der Waals surface area (Å²) in [6.07, 6.45) is 28.2. The Morgan fingerprint density at radius 2 is 1.33 bits per heavy atom. The van der Waals surface area contributed by atoms with Crippen LogP contribution in [0.25, 0.3) is 5.57 Å². The van der Waals surface area contributed by atoms with E-state index in [0.29, 0.717) is 5.75 Å². The number of hydrogen-bond donors (Lipinski definition) is 2. The lowest BCUT2D eigenvalue weighted by molar-refractivity contribution is 0.469. The third kappa shape index (κ3) is 10.9. The maximum atomic E-state index is 10.7. The van der Waals surface area contributed by atoms with E-state index in [1.165, 1.54) is 77.0 Å². The van der Waals surface area contributed by atoms with Gasteiger partial charge in [-0.15, -0.1) is 0 Å². The summed E-state index contributed by atoms with van der Waals surface area (Å²) in [5.74, 6) is 0.577. The Morgan fingerprint density at radius 3 is 1.97 bits per heavy atom. The number of para-hydroxylation sites is 1. The molecule has 0 aliphatic heterocycles. The molecule has 2 nitrogen and oxygen atoms in total. The molecule has 0 aliphatic rings. The third-order valence-electron chi connectivity index (χ3n) is 6.88. The highest BCUT2D eigenvalue weighted by molar-refractivity contribution is 5.84. The smallest absolute Gasteiger partial charge is 0.126 e. The fourth-order valence-corrected chi connectivity index (χ4v) is 4.53. The maximum Gasteiger partial charge on any atom is 0.126 e. The van der Waals surface area contributed by atoms with Gasteiger partial charge < -0.3 is 10.2 Å². The molecule has 0 spiro atoms. The fourth-order valence-electron chi connectivity index (χ4n) is 4.53. The van der Waals surface area contributed by atoms with Gasteiger partial charge in [-0.25, -0.2) is 0 Å². The summed E-state index contributed by atoms with van der Waals surface area (Å²) in [4.78, 5) is 0. The van der Waals surface area contributed by atoms with Crippen molar-refractivity contribution in [3.05, 3.63) is 89.0 Å². The van der Waals surface area contributed by atoms with Crippen molar-refractivity contribution in [2.24, 2.45) is 0 Å². The van der Waals surface area contributed by atoms with E-state index in [1.807, 2.05) is 56.3 Å². The van der Waals surface area contributed by atoms with Gasteiger partial charge in [0.25, 0.3) is 0 Å². The molecule has 36 heavy (non-hydrogen) atoms. The molecule has 2 N–H and O–H groups in total. The van der Waals surface area contributed by atoms with Gasteiger partial charge in [-0.05, 0) is 61.1 Å². The first-order valence-corrected chi connectivity index (χ1v) is 14.2. The molecule has 0 heterocycles. The van der Waals surface area contributed by atoms with E-state index >= 15 is 0 Å². The van der Waals surface area contributed by atoms with E-state index in [9.17, 15) is 10.2 Å². The van der Waals surface area contributed by atoms with Gasteiger partial charge in [-0.2, -0.15) is 0 Å². The predicted octanol–water partition coefficient (Wildman–Crippen LogP) is 10.3. The van der Waals surface area contributed by atoms with Crippen molar-refractivity contribution < 1.29 is 10.2 Å². The minimum absolute atomic E-state index is 0.280. The molecule has 0 fully saturated rings. The van der Waals surface area contributed by atoms with Crippen LogP contribution in [0.1, 0.15) is 113 Å². The molecule has 2 heteroatoms. The topological polar surface area (TPSA) is 40.5 Å². The van der Waals surface area contributed by atoms with Gasteiger partial charge in [-0.3, -0.25) is 0 Å². The van der Waals surface area contributed by atoms with Gasteiger partial charge in [0.1, 0.15) is 11.5 Å². The lowest BCUT2D eigenvalue weighted by Gasteiger charge is -2.13. The first kappa shape index (κ1) is 29.5. The second-order valence-corrected chi connectivity index (χ2v) is 10.0. The van der Waals surface area contributed by atoms with Gasteiger partial charge in [0.2, 0.25) is 0 Å². The highest BCUT2D eigenvalue weighted by atomic mass is 16.3. The van der Waals surface area contributed by atoms with Crippen molar-refractivity contribution in [3.8, 4) is 11.5 Å². The Morgan fingerprint density at radius 1 is 0.694 bits per heavy atom. The summed E-state index contributed by atoms with van der Waals surface area (Å²) in [7, 11) is 0. The van der Waals surface area contributed by atoms with Crippen molar-refractivity contribution in [1.29, 1.82) is 0 Å². The Kier molecular flexibility index (Phi) is 14.5. The number of unbranched alkanes of at least 4 members (excludes halogenated alkanes) is 12. The van der Waals surface area contributed by atoms with E-state index in [4.69, 9.17) is 0 Å². The molecule has 2 aromatic carbocycles. The molecule has 0 bridgehead atoms. The predicted molar refractivity (Wildman–Crippen MR) is 157 cm³/mol. The average molecular weight is 489 g/mol. The summed E-state index contributed by atoms with van der Waals surface area (Å²) in [5.41, 5.74) is 4.36. The Balaban J connectivity index is 1.77. The van der Waals surface area contributed by atoms with Crippen LogP contribution in [0.5, 0.6) is 11.5 Å². The largest absolute Gasteiger partial charge is 0.508 e. The molecule has 0 aromatic heterocycles. The van der Waals surface area contributed by atoms with Crippen molar-refractivity contribution in [3.63, 3.8) is 0 Å². The zero-order valence-electron chi connectivity index (χ0n) is 22.9. The van der Waals surface area contributed by atoms with Crippen LogP contribution < -0.4 is 0 Å². The standard InChI is InChI=1S/C34H48O2/c1-4-5-6-7-8-9-10-11-12-13-14-15-16-17-18-19-20-23-31(30-25-26-33(35)29(3)27-30)32-24-21-22-28(2)34(32)36/h17-27,35-36H,4-16H2,1-3H3. The third-order valence-corrected chi connectivity index (χ3v) is 6.88. The molecule has 0 atom stereocenters. The summed E-state index contributed by atoms with van der Waals surface area (Å²) >= 11 is 0. The number of phenols is 2. The van der Waals surface area contributed by atoms with Crippen LogP contribution in [0.2, 0.25) is 0 Å². The molecule has 0 unspecified atom stereocenters. The molecule has 0 saturated carbocycles. The minimum atomic E-state index is 0.280. The Labute approximate surface area is 220 Å². The first-order chi connectivity index (χ1) is 17.5. The molecule has 0 amide bonds. The SMILES string of the molecule is CCCCCCCCCCCCCCC=CC=CC=C(c1ccc(O)c(C)c1)c1cccc(C)c1O. The first-order valence-electron chi connectivity index (χ1n) is 14.2. The van der Waals surface area contributed by atoms with Gasteiger partial charge in [-0.1, -0.05) is 132 Å². The van der Waals surface area contributed by atoms with Crippen LogP contribution in [0, 0.1) is 13.8 Å². The molecule has 196 valence electrons. The maximum absolute atomic E-state index is 10.7. The second-order valence-electron chi connectivity index (χ2n) is 10.0. The Bertz CT molecular complexity index is 981. The molecule has 0 aliphatic carbocycles. The highest BCUT2D eigenvalue weighted by Gasteiger charge is 2.12. The quantitative estimate of drug-likeness (QED) is 0.172. The zero-order chi connectivity index (χ0) is 26.0. The van der Waals surface area contributed by atoms with Crippen molar-refractivity contribution in [2.45, 2.75) is 104 Å². The highest BCUT2D eigenvalue weighted by Crippen LogP contribution is 2.34. The normalized spacial score (nSPS) is 12.2. The van der Waals surface area contributed by atoms with E-state index in [2.05, 4.69) is 25.2 Å². The van der Waals surface area contributed by atoms with Crippen LogP contribution in [0.3, 0.4) is 0 Å². The van der Waals surface area contributed by atoms with Gasteiger partial charge in [0.05, 0.1) is 0 Å². The molecule has 0 radical (unpaired) electrons. The van der Waals surface area contributed by atoms with Crippen molar-refractivity contribution >= 4 is 5.57 Å². The summed E-state index contributed by atoms with van der Waals surface area (Å²) < 4.78 is 0. The van der Waals surface area contributed by atoms with Gasteiger partial charge >= 0.3 is 0 Å². The lowest BCUT2D eigenvalue weighted by atomic mass is 9.94. The number of allylic oxidation sites excluding steroid dienone is 5. The number of hydrogen-bond acceptors (Lipinski definition) is 2. The van der Waals surface area contributed by atoms with Gasteiger partial charge in [0.15, 0.2) is 0 Å². The summed E-state index contributed by atoms with van der Waals surface area (Å²) in [6, 6.07) is 11.4. The number of phenolic OH excluding ortho intramolecular Hbond substituents is 2. The average Bonchev–Trinajstić information content (AvgIpc) is 2.87. The van der Waals surface area contributed by atoms with Crippen LogP contribution in [0.4, 0.5) is 0 Å². The molecule has 2 rings (SSSR count). The van der Waals surface area contributed by atoms with Crippen molar-refractivity contribution in [1.82, 2.24) is 0 Å². The van der Waals surface area contributed by atoms with Crippen molar-refractivity contribution in [2.75, 3.05) is 0 Å². The van der Waals surface area contributed by atoms with Gasteiger partial charge in [0, 0.05) is 5.56 Å².